The predicted molar refractivity (Wildman–Crippen MR) is 74.5 cm³/mol. The molecule has 0 saturated carbocycles. The smallest absolute Gasteiger partial charge is 0.307 e. The van der Waals surface area contributed by atoms with Gasteiger partial charge in [0.1, 0.15) is 5.75 Å². The van der Waals surface area contributed by atoms with E-state index in [1.54, 1.807) is 7.11 Å². The summed E-state index contributed by atoms with van der Waals surface area (Å²) in [4.78, 5) is 11.0. The van der Waals surface area contributed by atoms with E-state index < -0.39 is 5.97 Å². The Bertz CT molecular complexity index is 585. The van der Waals surface area contributed by atoms with E-state index in [-0.39, 0.29) is 6.42 Å². The standard InChI is InChI=1S/C16H16O3/c1-11-6-8-12(9-7-11)16-13(10-15(17)18)4-3-5-14(16)19-2/h3-9H,10H2,1-2H3,(H,17,18). The zero-order valence-electron chi connectivity index (χ0n) is 11.0. The van der Waals surface area contributed by atoms with E-state index in [0.29, 0.717) is 5.75 Å². The maximum absolute atomic E-state index is 11.0. The molecule has 0 unspecified atom stereocenters. The maximum atomic E-state index is 11.0. The third-order valence-electron chi connectivity index (χ3n) is 3.01. The van der Waals surface area contributed by atoms with Crippen molar-refractivity contribution in [2.75, 3.05) is 7.11 Å². The van der Waals surface area contributed by atoms with Gasteiger partial charge in [0, 0.05) is 5.56 Å². The average molecular weight is 256 g/mol. The number of carbonyl (C=O) groups is 1. The summed E-state index contributed by atoms with van der Waals surface area (Å²) in [7, 11) is 1.59. The second-order valence-electron chi connectivity index (χ2n) is 4.43. The summed E-state index contributed by atoms with van der Waals surface area (Å²) in [5.74, 6) is -0.149. The average Bonchev–Trinajstić information content (AvgIpc) is 2.39. The largest absolute Gasteiger partial charge is 0.496 e. The highest BCUT2D eigenvalue weighted by atomic mass is 16.5. The number of carboxylic acid groups (broad SMARTS) is 1. The summed E-state index contributed by atoms with van der Waals surface area (Å²) in [5.41, 5.74) is 3.75. The topological polar surface area (TPSA) is 46.5 Å². The lowest BCUT2D eigenvalue weighted by atomic mass is 9.96. The molecule has 2 aromatic carbocycles. The molecule has 3 heteroatoms. The van der Waals surface area contributed by atoms with Crippen LogP contribution in [-0.4, -0.2) is 18.2 Å². The first kappa shape index (κ1) is 13.1. The summed E-state index contributed by atoms with van der Waals surface area (Å²) >= 11 is 0. The van der Waals surface area contributed by atoms with Crippen LogP contribution in [-0.2, 0) is 11.2 Å². The molecule has 0 aliphatic heterocycles. The highest BCUT2D eigenvalue weighted by Crippen LogP contribution is 2.33. The molecular weight excluding hydrogens is 240 g/mol. The van der Waals surface area contributed by atoms with Gasteiger partial charge in [-0.25, -0.2) is 0 Å². The number of aryl methyl sites for hydroxylation is 1. The van der Waals surface area contributed by atoms with Crippen molar-refractivity contribution in [3.05, 3.63) is 53.6 Å². The number of carboxylic acids is 1. The maximum Gasteiger partial charge on any atom is 0.307 e. The summed E-state index contributed by atoms with van der Waals surface area (Å²) in [6, 6.07) is 13.5. The van der Waals surface area contributed by atoms with Crippen molar-refractivity contribution in [3.63, 3.8) is 0 Å². The van der Waals surface area contributed by atoms with E-state index in [2.05, 4.69) is 0 Å². The van der Waals surface area contributed by atoms with Crippen LogP contribution in [0.5, 0.6) is 5.75 Å². The Kier molecular flexibility index (Phi) is 3.85. The van der Waals surface area contributed by atoms with E-state index >= 15 is 0 Å². The fourth-order valence-corrected chi connectivity index (χ4v) is 2.10. The molecule has 3 nitrogen and oxygen atoms in total. The van der Waals surface area contributed by atoms with Crippen LogP contribution >= 0.6 is 0 Å². The minimum absolute atomic E-state index is 0.0135. The van der Waals surface area contributed by atoms with E-state index in [4.69, 9.17) is 9.84 Å². The SMILES string of the molecule is COc1cccc(CC(=O)O)c1-c1ccc(C)cc1. The van der Waals surface area contributed by atoms with Gasteiger partial charge in [0.25, 0.3) is 0 Å². The lowest BCUT2D eigenvalue weighted by molar-refractivity contribution is -0.136. The van der Waals surface area contributed by atoms with Crippen molar-refractivity contribution < 1.29 is 14.6 Å². The van der Waals surface area contributed by atoms with Gasteiger partial charge in [-0.05, 0) is 24.1 Å². The van der Waals surface area contributed by atoms with Crippen molar-refractivity contribution >= 4 is 5.97 Å². The molecule has 98 valence electrons. The van der Waals surface area contributed by atoms with Gasteiger partial charge in [-0.15, -0.1) is 0 Å². The normalized spacial score (nSPS) is 10.2. The second-order valence-corrected chi connectivity index (χ2v) is 4.43. The van der Waals surface area contributed by atoms with E-state index in [1.165, 1.54) is 5.56 Å². The molecule has 2 rings (SSSR count). The Hall–Kier alpha value is -2.29. The van der Waals surface area contributed by atoms with Crippen molar-refractivity contribution in [3.8, 4) is 16.9 Å². The molecule has 0 amide bonds. The highest BCUT2D eigenvalue weighted by Gasteiger charge is 2.13. The minimum atomic E-state index is -0.846. The Morgan fingerprint density at radius 2 is 1.84 bits per heavy atom. The second kappa shape index (κ2) is 5.57. The predicted octanol–water partition coefficient (Wildman–Crippen LogP) is 3.30. The molecule has 19 heavy (non-hydrogen) atoms. The number of methoxy groups -OCH3 is 1. The van der Waals surface area contributed by atoms with E-state index in [9.17, 15) is 4.79 Å². The number of aliphatic carboxylic acids is 1. The monoisotopic (exact) mass is 256 g/mol. The quantitative estimate of drug-likeness (QED) is 0.913. The van der Waals surface area contributed by atoms with Gasteiger partial charge in [-0.1, -0.05) is 42.0 Å². The summed E-state index contributed by atoms with van der Waals surface area (Å²) in [6.45, 7) is 2.02. The Morgan fingerprint density at radius 3 is 2.42 bits per heavy atom. The molecule has 2 aromatic rings. The van der Waals surface area contributed by atoms with Crippen LogP contribution < -0.4 is 4.74 Å². The number of ether oxygens (including phenoxy) is 1. The van der Waals surface area contributed by atoms with E-state index in [0.717, 1.165) is 16.7 Å². The Balaban J connectivity index is 2.57. The first-order valence-corrected chi connectivity index (χ1v) is 6.06. The molecular formula is C16H16O3. The molecule has 0 aromatic heterocycles. The minimum Gasteiger partial charge on any atom is -0.496 e. The van der Waals surface area contributed by atoms with Crippen molar-refractivity contribution in [1.29, 1.82) is 0 Å². The van der Waals surface area contributed by atoms with Crippen molar-refractivity contribution in [1.82, 2.24) is 0 Å². The van der Waals surface area contributed by atoms with Gasteiger partial charge in [0.2, 0.25) is 0 Å². The molecule has 0 atom stereocenters. The molecule has 0 spiro atoms. The zero-order chi connectivity index (χ0) is 13.8. The summed E-state index contributed by atoms with van der Waals surface area (Å²) < 4.78 is 5.36. The van der Waals surface area contributed by atoms with Crippen LogP contribution in [0.4, 0.5) is 0 Å². The van der Waals surface area contributed by atoms with Crippen LogP contribution in [0.15, 0.2) is 42.5 Å². The lowest BCUT2D eigenvalue weighted by Crippen LogP contribution is -2.03. The lowest BCUT2D eigenvalue weighted by Gasteiger charge is -2.13. The van der Waals surface area contributed by atoms with Gasteiger partial charge in [-0.3, -0.25) is 4.79 Å². The summed E-state index contributed by atoms with van der Waals surface area (Å²) in [6.07, 6.45) is -0.0135. The zero-order valence-corrected chi connectivity index (χ0v) is 11.0. The Labute approximate surface area is 112 Å². The Morgan fingerprint density at radius 1 is 1.16 bits per heavy atom. The first-order chi connectivity index (χ1) is 9.11. The first-order valence-electron chi connectivity index (χ1n) is 6.06. The number of hydrogen-bond donors (Lipinski definition) is 1. The molecule has 0 heterocycles. The molecule has 0 saturated heterocycles. The highest BCUT2D eigenvalue weighted by molar-refractivity contribution is 5.80. The third kappa shape index (κ3) is 2.94. The van der Waals surface area contributed by atoms with Gasteiger partial charge < -0.3 is 9.84 Å². The van der Waals surface area contributed by atoms with E-state index in [1.807, 2.05) is 49.4 Å². The fraction of sp³-hybridized carbons (Fsp3) is 0.188. The van der Waals surface area contributed by atoms with Crippen LogP contribution in [0.3, 0.4) is 0 Å². The van der Waals surface area contributed by atoms with Gasteiger partial charge in [0.05, 0.1) is 13.5 Å². The van der Waals surface area contributed by atoms with Gasteiger partial charge >= 0.3 is 5.97 Å². The molecule has 0 aliphatic rings. The summed E-state index contributed by atoms with van der Waals surface area (Å²) in [5, 5.41) is 9.01. The molecule has 0 radical (unpaired) electrons. The van der Waals surface area contributed by atoms with Crippen LogP contribution in [0.25, 0.3) is 11.1 Å². The van der Waals surface area contributed by atoms with Gasteiger partial charge in [-0.2, -0.15) is 0 Å². The number of hydrogen-bond acceptors (Lipinski definition) is 2. The number of rotatable bonds is 4. The molecule has 0 bridgehead atoms. The third-order valence-corrected chi connectivity index (χ3v) is 3.01. The molecule has 0 fully saturated rings. The molecule has 1 N–H and O–H groups in total. The fourth-order valence-electron chi connectivity index (χ4n) is 2.10. The van der Waals surface area contributed by atoms with Crippen LogP contribution in [0.2, 0.25) is 0 Å². The van der Waals surface area contributed by atoms with Gasteiger partial charge in [0.15, 0.2) is 0 Å². The van der Waals surface area contributed by atoms with Crippen LogP contribution in [0.1, 0.15) is 11.1 Å². The van der Waals surface area contributed by atoms with Crippen molar-refractivity contribution in [2.24, 2.45) is 0 Å². The van der Waals surface area contributed by atoms with Crippen molar-refractivity contribution in [2.45, 2.75) is 13.3 Å². The molecule has 0 aliphatic carbocycles. The van der Waals surface area contributed by atoms with Crippen LogP contribution in [0, 0.1) is 6.92 Å². The number of benzene rings is 2.